The van der Waals surface area contributed by atoms with Gasteiger partial charge in [-0.25, -0.2) is 9.59 Å². The van der Waals surface area contributed by atoms with Crippen LogP contribution in [0.4, 0.5) is 0 Å². The molecule has 0 amide bonds. The first-order valence-corrected chi connectivity index (χ1v) is 10.8. The number of methoxy groups -OCH3 is 2. The standard InChI is InChI=1S/C26H30O8/c1-5-31-25(27)13-9-19-7-11-21(29-3)23(17-19)33-15-16-34-24-18-20(8-12-22(24)30-4)10-14-26(28)32-6-2/h7-14,17-18H,5-6,15-16H2,1-4H3/b13-9+,14-10+. The van der Waals surface area contributed by atoms with Crippen LogP contribution in [0, 0.1) is 0 Å². The van der Waals surface area contributed by atoms with Gasteiger partial charge < -0.3 is 28.4 Å². The lowest BCUT2D eigenvalue weighted by molar-refractivity contribution is -0.138. The molecule has 8 heteroatoms. The van der Waals surface area contributed by atoms with Gasteiger partial charge in [0.1, 0.15) is 13.2 Å². The highest BCUT2D eigenvalue weighted by Crippen LogP contribution is 2.30. The maximum Gasteiger partial charge on any atom is 0.330 e. The molecule has 0 aliphatic heterocycles. The predicted octanol–water partition coefficient (Wildman–Crippen LogP) is 4.31. The van der Waals surface area contributed by atoms with Crippen molar-refractivity contribution in [2.24, 2.45) is 0 Å². The molecule has 0 atom stereocenters. The molecule has 0 N–H and O–H groups in total. The molecule has 0 spiro atoms. The molecule has 0 aliphatic rings. The molecule has 0 radical (unpaired) electrons. The number of rotatable bonds is 13. The van der Waals surface area contributed by atoms with Crippen molar-refractivity contribution in [1.29, 1.82) is 0 Å². The Morgan fingerprint density at radius 3 is 1.44 bits per heavy atom. The lowest BCUT2D eigenvalue weighted by atomic mass is 10.2. The number of hydrogen-bond donors (Lipinski definition) is 0. The van der Waals surface area contributed by atoms with Crippen LogP contribution in [0.15, 0.2) is 48.6 Å². The topological polar surface area (TPSA) is 89.5 Å². The van der Waals surface area contributed by atoms with Gasteiger partial charge in [-0.3, -0.25) is 0 Å². The van der Waals surface area contributed by atoms with Crippen molar-refractivity contribution in [1.82, 2.24) is 0 Å². The largest absolute Gasteiger partial charge is 0.493 e. The third-order valence-electron chi connectivity index (χ3n) is 4.37. The van der Waals surface area contributed by atoms with E-state index in [0.717, 1.165) is 11.1 Å². The van der Waals surface area contributed by atoms with Gasteiger partial charge in [0.05, 0.1) is 27.4 Å². The summed E-state index contributed by atoms with van der Waals surface area (Å²) in [7, 11) is 3.10. The Kier molecular flexibility index (Phi) is 11.0. The summed E-state index contributed by atoms with van der Waals surface area (Å²) in [5.41, 5.74) is 1.51. The van der Waals surface area contributed by atoms with E-state index in [-0.39, 0.29) is 13.2 Å². The van der Waals surface area contributed by atoms with Gasteiger partial charge in [0, 0.05) is 12.2 Å². The molecule has 0 heterocycles. The lowest BCUT2D eigenvalue weighted by Gasteiger charge is -2.14. The first-order valence-electron chi connectivity index (χ1n) is 10.8. The maximum atomic E-state index is 11.5. The van der Waals surface area contributed by atoms with E-state index in [4.69, 9.17) is 28.4 Å². The summed E-state index contributed by atoms with van der Waals surface area (Å²) in [6, 6.07) is 10.6. The summed E-state index contributed by atoms with van der Waals surface area (Å²) >= 11 is 0. The van der Waals surface area contributed by atoms with Crippen molar-refractivity contribution in [3.63, 3.8) is 0 Å². The summed E-state index contributed by atoms with van der Waals surface area (Å²) in [6.07, 6.45) is 5.99. The van der Waals surface area contributed by atoms with Crippen LogP contribution in [-0.4, -0.2) is 52.6 Å². The van der Waals surface area contributed by atoms with Crippen LogP contribution in [0.5, 0.6) is 23.0 Å². The fourth-order valence-corrected chi connectivity index (χ4v) is 2.83. The molecule has 8 nitrogen and oxygen atoms in total. The molecular weight excluding hydrogens is 440 g/mol. The Balaban J connectivity index is 2.01. The van der Waals surface area contributed by atoms with Crippen LogP contribution in [0.1, 0.15) is 25.0 Å². The van der Waals surface area contributed by atoms with Crippen LogP contribution < -0.4 is 18.9 Å². The van der Waals surface area contributed by atoms with Gasteiger partial charge in [-0.1, -0.05) is 12.1 Å². The lowest BCUT2D eigenvalue weighted by Crippen LogP contribution is -2.10. The zero-order chi connectivity index (χ0) is 24.8. The van der Waals surface area contributed by atoms with Crippen molar-refractivity contribution in [3.05, 3.63) is 59.7 Å². The van der Waals surface area contributed by atoms with Gasteiger partial charge in [-0.2, -0.15) is 0 Å². The number of hydrogen-bond acceptors (Lipinski definition) is 8. The van der Waals surface area contributed by atoms with Gasteiger partial charge in [0.25, 0.3) is 0 Å². The van der Waals surface area contributed by atoms with Gasteiger partial charge in [0.2, 0.25) is 0 Å². The van der Waals surface area contributed by atoms with Crippen molar-refractivity contribution in [2.45, 2.75) is 13.8 Å². The SMILES string of the molecule is CCOC(=O)/C=C/c1ccc(OC)c(OCCOc2cc(/C=C/C(=O)OCC)ccc2OC)c1. The summed E-state index contributed by atoms with van der Waals surface area (Å²) < 4.78 is 32.2. The Labute approximate surface area is 199 Å². The first kappa shape index (κ1) is 26.3. The molecule has 0 bridgehead atoms. The predicted molar refractivity (Wildman–Crippen MR) is 128 cm³/mol. The second-order valence-corrected chi connectivity index (χ2v) is 6.69. The Hall–Kier alpha value is -3.94. The summed E-state index contributed by atoms with van der Waals surface area (Å²) in [6.45, 7) is 4.59. The van der Waals surface area contributed by atoms with E-state index in [2.05, 4.69) is 0 Å². The van der Waals surface area contributed by atoms with Crippen molar-refractivity contribution in [3.8, 4) is 23.0 Å². The van der Waals surface area contributed by atoms with E-state index in [9.17, 15) is 9.59 Å². The number of carbonyl (C=O) groups is 2. The molecule has 2 rings (SSSR count). The number of esters is 2. The second kappa shape index (κ2) is 14.3. The average Bonchev–Trinajstić information content (AvgIpc) is 2.84. The molecule has 0 unspecified atom stereocenters. The van der Waals surface area contributed by atoms with E-state index < -0.39 is 11.9 Å². The molecular formula is C26H30O8. The zero-order valence-corrected chi connectivity index (χ0v) is 19.9. The van der Waals surface area contributed by atoms with E-state index >= 15 is 0 Å². The first-order chi connectivity index (χ1) is 16.5. The van der Waals surface area contributed by atoms with Crippen LogP contribution >= 0.6 is 0 Å². The molecule has 0 saturated heterocycles. The average molecular weight is 471 g/mol. The third-order valence-corrected chi connectivity index (χ3v) is 4.37. The third kappa shape index (κ3) is 8.54. The molecule has 0 saturated carbocycles. The summed E-state index contributed by atoms with van der Waals surface area (Å²) in [5.74, 6) is 1.30. The molecule has 0 aliphatic carbocycles. The minimum absolute atomic E-state index is 0.230. The number of benzene rings is 2. The van der Waals surface area contributed by atoms with Crippen LogP contribution in [0.2, 0.25) is 0 Å². The minimum Gasteiger partial charge on any atom is -0.493 e. The van der Waals surface area contributed by atoms with Crippen LogP contribution in [0.3, 0.4) is 0 Å². The fraction of sp³-hybridized carbons (Fsp3) is 0.308. The zero-order valence-electron chi connectivity index (χ0n) is 19.9. The van der Waals surface area contributed by atoms with Gasteiger partial charge in [-0.15, -0.1) is 0 Å². The Bertz CT molecular complexity index is 928. The van der Waals surface area contributed by atoms with E-state index in [1.807, 2.05) is 0 Å². The number of carbonyl (C=O) groups excluding carboxylic acids is 2. The summed E-state index contributed by atoms with van der Waals surface area (Å²) in [4.78, 5) is 23.1. The molecule has 0 aromatic heterocycles. The van der Waals surface area contributed by atoms with Crippen molar-refractivity contribution in [2.75, 3.05) is 40.6 Å². The van der Waals surface area contributed by atoms with Gasteiger partial charge in [-0.05, 0) is 61.4 Å². The van der Waals surface area contributed by atoms with Crippen LogP contribution in [-0.2, 0) is 19.1 Å². The second-order valence-electron chi connectivity index (χ2n) is 6.69. The normalized spacial score (nSPS) is 10.8. The molecule has 2 aromatic carbocycles. The Morgan fingerprint density at radius 1 is 0.676 bits per heavy atom. The molecule has 182 valence electrons. The number of ether oxygens (including phenoxy) is 6. The maximum absolute atomic E-state index is 11.5. The minimum atomic E-state index is -0.414. The van der Waals surface area contributed by atoms with Crippen molar-refractivity contribution >= 4 is 24.1 Å². The highest BCUT2D eigenvalue weighted by atomic mass is 16.6. The highest BCUT2D eigenvalue weighted by Gasteiger charge is 2.08. The molecule has 0 fully saturated rings. The fourth-order valence-electron chi connectivity index (χ4n) is 2.83. The molecule has 34 heavy (non-hydrogen) atoms. The van der Waals surface area contributed by atoms with E-state index in [1.54, 1.807) is 76.6 Å². The highest BCUT2D eigenvalue weighted by molar-refractivity contribution is 5.87. The van der Waals surface area contributed by atoms with Crippen LogP contribution in [0.25, 0.3) is 12.2 Å². The smallest absolute Gasteiger partial charge is 0.330 e. The molecule has 2 aromatic rings. The monoisotopic (exact) mass is 470 g/mol. The van der Waals surface area contributed by atoms with Gasteiger partial charge >= 0.3 is 11.9 Å². The van der Waals surface area contributed by atoms with E-state index in [0.29, 0.717) is 36.2 Å². The quantitative estimate of drug-likeness (QED) is 0.243. The Morgan fingerprint density at radius 2 is 1.09 bits per heavy atom. The van der Waals surface area contributed by atoms with Crippen molar-refractivity contribution < 1.29 is 38.0 Å². The van der Waals surface area contributed by atoms with Gasteiger partial charge in [0.15, 0.2) is 23.0 Å². The van der Waals surface area contributed by atoms with E-state index in [1.165, 1.54) is 12.2 Å². The summed E-state index contributed by atoms with van der Waals surface area (Å²) in [5, 5.41) is 0.